The van der Waals surface area contributed by atoms with Gasteiger partial charge < -0.3 is 8.84 Å². The van der Waals surface area contributed by atoms with Gasteiger partial charge in [-0.3, -0.25) is 4.79 Å². The lowest BCUT2D eigenvalue weighted by molar-refractivity contribution is 0.501. The van der Waals surface area contributed by atoms with Gasteiger partial charge in [0.15, 0.2) is 5.75 Å². The molecule has 0 saturated heterocycles. The Morgan fingerprint density at radius 2 is 2.44 bits per heavy atom. The largest absolute Gasteiger partial charge is 0.536 e. The maximum Gasteiger partial charge on any atom is 0.341 e. The molecule has 0 aliphatic carbocycles. The predicted molar refractivity (Wildman–Crippen MR) is 31.4 cm³/mol. The summed E-state index contributed by atoms with van der Waals surface area (Å²) in [5.41, 5.74) is -0.212. The number of rotatable bonds is 1. The lowest BCUT2D eigenvalue weighted by Gasteiger charge is -1.92. The first kappa shape index (κ1) is 6.09. The summed E-state index contributed by atoms with van der Waals surface area (Å²) in [6.45, 7) is 0. The first-order valence-electron chi connectivity index (χ1n) is 2.24. The molecule has 45 valence electrons. The van der Waals surface area contributed by atoms with Crippen molar-refractivity contribution in [2.75, 3.05) is 0 Å². The van der Waals surface area contributed by atoms with Crippen molar-refractivity contribution >= 4 is 10.5 Å². The Hall–Kier alpha value is -1.03. The van der Waals surface area contributed by atoms with Crippen LogP contribution in [-0.4, -0.2) is 10.5 Å². The van der Waals surface area contributed by atoms with Crippen LogP contribution >= 0.6 is 0 Å². The molecule has 3 radical (unpaired) electrons. The highest BCUT2D eigenvalue weighted by molar-refractivity contribution is 5.99. The topological polar surface area (TPSA) is 39.4 Å². The molecule has 0 atom stereocenters. The number of hydrogen-bond acceptors (Lipinski definition) is 3. The van der Waals surface area contributed by atoms with Crippen molar-refractivity contribution in [3.63, 3.8) is 0 Å². The lowest BCUT2D eigenvalue weighted by Crippen LogP contribution is -2.02. The summed E-state index contributed by atoms with van der Waals surface area (Å²) in [6, 6.07) is 1.27. The minimum atomic E-state index is -0.212. The highest BCUT2D eigenvalue weighted by Gasteiger charge is 1.93. The highest BCUT2D eigenvalue weighted by atomic mass is 28.2. The molecule has 1 aromatic heterocycles. The number of hydrogen-bond donors (Lipinski definition) is 0. The van der Waals surface area contributed by atoms with Crippen LogP contribution in [0.3, 0.4) is 0 Å². The normalized spacial score (nSPS) is 9.00. The Kier molecular flexibility index (Phi) is 1.69. The van der Waals surface area contributed by atoms with Crippen LogP contribution in [-0.2, 0) is 0 Å². The molecule has 0 spiro atoms. The molecule has 0 aliphatic heterocycles. The van der Waals surface area contributed by atoms with Crippen molar-refractivity contribution in [3.8, 4) is 5.75 Å². The summed E-state index contributed by atoms with van der Waals surface area (Å²) in [5, 5.41) is 0. The molecular weight excluding hydrogens is 136 g/mol. The quantitative estimate of drug-likeness (QED) is 0.518. The molecule has 1 aromatic rings. The molecule has 0 bridgehead atoms. The van der Waals surface area contributed by atoms with E-state index < -0.39 is 0 Å². The molecular formula is C5H3O3Si. The minimum absolute atomic E-state index is 0.147. The van der Waals surface area contributed by atoms with Crippen LogP contribution in [0.1, 0.15) is 0 Å². The summed E-state index contributed by atoms with van der Waals surface area (Å²) in [7, 11) is 2.69. The summed E-state index contributed by atoms with van der Waals surface area (Å²) < 4.78 is 9.07. The van der Waals surface area contributed by atoms with E-state index in [1.54, 1.807) is 0 Å². The SMILES string of the molecule is O=c1ccocc1O[Si]. The fraction of sp³-hybridized carbons (Fsp3) is 0. The van der Waals surface area contributed by atoms with Crippen molar-refractivity contribution in [2.24, 2.45) is 0 Å². The second-order valence-electron chi connectivity index (χ2n) is 1.39. The molecule has 0 amide bonds. The van der Waals surface area contributed by atoms with E-state index in [0.29, 0.717) is 0 Å². The molecule has 0 unspecified atom stereocenters. The Morgan fingerprint density at radius 1 is 1.67 bits per heavy atom. The van der Waals surface area contributed by atoms with Crippen LogP contribution < -0.4 is 9.85 Å². The zero-order valence-corrected chi connectivity index (χ0v) is 5.46. The summed E-state index contributed by atoms with van der Waals surface area (Å²) in [5.74, 6) is 0.147. The average molecular weight is 139 g/mol. The van der Waals surface area contributed by atoms with Crippen molar-refractivity contribution in [1.29, 1.82) is 0 Å². The van der Waals surface area contributed by atoms with E-state index in [1.807, 2.05) is 0 Å². The fourth-order valence-corrected chi connectivity index (χ4v) is 0.565. The van der Waals surface area contributed by atoms with E-state index >= 15 is 0 Å². The summed E-state index contributed by atoms with van der Waals surface area (Å²) >= 11 is 0. The Labute approximate surface area is 54.8 Å². The van der Waals surface area contributed by atoms with Crippen molar-refractivity contribution < 1.29 is 8.84 Å². The third-order valence-corrected chi connectivity index (χ3v) is 1.05. The first-order valence-corrected chi connectivity index (χ1v) is 2.65. The van der Waals surface area contributed by atoms with Gasteiger partial charge in [0, 0.05) is 6.07 Å². The predicted octanol–water partition coefficient (Wildman–Crippen LogP) is 0.102. The second-order valence-corrected chi connectivity index (χ2v) is 1.59. The molecule has 4 heteroatoms. The maximum absolute atomic E-state index is 10.6. The maximum atomic E-state index is 10.6. The van der Waals surface area contributed by atoms with Gasteiger partial charge in [-0.15, -0.1) is 0 Å². The second kappa shape index (κ2) is 2.50. The Bertz CT molecular complexity index is 242. The van der Waals surface area contributed by atoms with Crippen LogP contribution in [0.2, 0.25) is 0 Å². The van der Waals surface area contributed by atoms with Crippen molar-refractivity contribution in [2.45, 2.75) is 0 Å². The lowest BCUT2D eigenvalue weighted by atomic mass is 10.5. The van der Waals surface area contributed by atoms with Crippen LogP contribution in [0.15, 0.2) is 27.8 Å². The Balaban J connectivity index is 3.16. The van der Waals surface area contributed by atoms with Crippen LogP contribution in [0.25, 0.3) is 0 Å². The van der Waals surface area contributed by atoms with E-state index in [-0.39, 0.29) is 11.2 Å². The Morgan fingerprint density at radius 3 is 2.89 bits per heavy atom. The standard InChI is InChI=1S/C5H3O3Si/c6-4-1-2-7-3-5(4)8-9/h1-3H. The molecule has 0 N–H and O–H groups in total. The van der Waals surface area contributed by atoms with Gasteiger partial charge in [-0.2, -0.15) is 0 Å². The van der Waals surface area contributed by atoms with Crippen molar-refractivity contribution in [3.05, 3.63) is 28.8 Å². The summed E-state index contributed by atoms with van der Waals surface area (Å²) in [4.78, 5) is 10.6. The zero-order chi connectivity index (χ0) is 6.69. The van der Waals surface area contributed by atoms with Gasteiger partial charge in [-0.25, -0.2) is 0 Å². The highest BCUT2D eigenvalue weighted by Crippen LogP contribution is 1.97. The van der Waals surface area contributed by atoms with Crippen LogP contribution in [0.5, 0.6) is 5.75 Å². The zero-order valence-electron chi connectivity index (χ0n) is 4.46. The van der Waals surface area contributed by atoms with E-state index in [4.69, 9.17) is 0 Å². The third-order valence-electron chi connectivity index (χ3n) is 0.826. The molecule has 0 saturated carbocycles. The van der Waals surface area contributed by atoms with Gasteiger partial charge in [-0.05, 0) is 0 Å². The molecule has 1 rings (SSSR count). The molecule has 3 nitrogen and oxygen atoms in total. The van der Waals surface area contributed by atoms with Gasteiger partial charge >= 0.3 is 10.5 Å². The average Bonchev–Trinajstić information content (AvgIpc) is 1.89. The first-order chi connectivity index (χ1) is 4.34. The van der Waals surface area contributed by atoms with Crippen molar-refractivity contribution in [1.82, 2.24) is 0 Å². The van der Waals surface area contributed by atoms with Gasteiger partial charge in [0.05, 0.1) is 6.26 Å². The molecule has 1 heterocycles. The van der Waals surface area contributed by atoms with Crippen LogP contribution in [0.4, 0.5) is 0 Å². The van der Waals surface area contributed by atoms with E-state index in [9.17, 15) is 4.79 Å². The molecule has 0 aliphatic rings. The van der Waals surface area contributed by atoms with Gasteiger partial charge in [0.2, 0.25) is 5.43 Å². The summed E-state index contributed by atoms with van der Waals surface area (Å²) in [6.07, 6.45) is 2.51. The monoisotopic (exact) mass is 139 g/mol. The van der Waals surface area contributed by atoms with E-state index in [0.717, 1.165) is 0 Å². The molecule has 0 fully saturated rings. The third kappa shape index (κ3) is 1.20. The smallest absolute Gasteiger partial charge is 0.341 e. The van der Waals surface area contributed by atoms with Crippen LogP contribution in [0, 0.1) is 0 Å². The minimum Gasteiger partial charge on any atom is -0.536 e. The fourth-order valence-electron chi connectivity index (χ4n) is 0.417. The van der Waals surface area contributed by atoms with Gasteiger partial charge in [0.1, 0.15) is 6.26 Å². The van der Waals surface area contributed by atoms with E-state index in [2.05, 4.69) is 19.3 Å². The molecule has 9 heavy (non-hydrogen) atoms. The van der Waals surface area contributed by atoms with Gasteiger partial charge in [-0.1, -0.05) is 0 Å². The van der Waals surface area contributed by atoms with Gasteiger partial charge in [0.25, 0.3) is 0 Å². The van der Waals surface area contributed by atoms with E-state index in [1.165, 1.54) is 18.6 Å². The molecule has 0 aromatic carbocycles.